The Morgan fingerprint density at radius 3 is 2.30 bits per heavy atom. The number of anilines is 1. The number of hydrogen-bond acceptors (Lipinski definition) is 3. The quantitative estimate of drug-likeness (QED) is 0.719. The highest BCUT2D eigenvalue weighted by molar-refractivity contribution is 9.10. The van der Waals surface area contributed by atoms with E-state index < -0.39 is 10.0 Å². The lowest BCUT2D eigenvalue weighted by molar-refractivity contribution is -0.120. The summed E-state index contributed by atoms with van der Waals surface area (Å²) in [5.41, 5.74) is 4.68. The molecule has 0 fully saturated rings. The van der Waals surface area contributed by atoms with Crippen molar-refractivity contribution in [2.75, 3.05) is 17.1 Å². The number of nitrogens with zero attached hydrogens (tertiary/aromatic N) is 1. The lowest BCUT2D eigenvalue weighted by atomic mass is 10.0. The smallest absolute Gasteiger partial charge is 0.241 e. The van der Waals surface area contributed by atoms with Crippen LogP contribution in [0.15, 0.2) is 40.9 Å². The van der Waals surface area contributed by atoms with Gasteiger partial charge in [0.05, 0.1) is 18.0 Å². The van der Waals surface area contributed by atoms with Crippen LogP contribution < -0.4 is 9.62 Å². The maximum Gasteiger partial charge on any atom is 0.241 e. The van der Waals surface area contributed by atoms with Crippen LogP contribution in [0.5, 0.6) is 0 Å². The Labute approximate surface area is 170 Å². The molecule has 2 aromatic carbocycles. The number of benzene rings is 2. The molecular formula is C20H25BrN2O3S. The number of nitrogens with one attached hydrogen (secondary N) is 1. The Balaban J connectivity index is 2.18. The van der Waals surface area contributed by atoms with Crippen LogP contribution in [0.25, 0.3) is 0 Å². The third-order valence-electron chi connectivity index (χ3n) is 4.53. The first-order chi connectivity index (χ1) is 12.5. The normalized spacial score (nSPS) is 12.5. The van der Waals surface area contributed by atoms with Crippen LogP contribution in [-0.2, 0) is 14.8 Å². The van der Waals surface area contributed by atoms with Gasteiger partial charge in [-0.2, -0.15) is 0 Å². The van der Waals surface area contributed by atoms with Gasteiger partial charge in [-0.1, -0.05) is 34.1 Å². The molecule has 5 nitrogen and oxygen atoms in total. The van der Waals surface area contributed by atoms with Gasteiger partial charge >= 0.3 is 0 Å². The molecule has 7 heteroatoms. The van der Waals surface area contributed by atoms with Gasteiger partial charge < -0.3 is 5.32 Å². The molecule has 0 saturated carbocycles. The minimum absolute atomic E-state index is 0.218. The van der Waals surface area contributed by atoms with E-state index in [1.807, 2.05) is 45.9 Å². The Morgan fingerprint density at radius 1 is 1.07 bits per heavy atom. The molecule has 2 rings (SSSR count). The number of carbonyl (C=O) groups is 1. The van der Waals surface area contributed by atoms with E-state index in [1.165, 1.54) is 5.56 Å². The van der Waals surface area contributed by atoms with E-state index in [2.05, 4.69) is 21.2 Å². The van der Waals surface area contributed by atoms with Crippen molar-refractivity contribution in [2.24, 2.45) is 0 Å². The van der Waals surface area contributed by atoms with Crippen molar-refractivity contribution in [3.63, 3.8) is 0 Å². The molecule has 1 atom stereocenters. The summed E-state index contributed by atoms with van der Waals surface area (Å²) in [6.07, 6.45) is 1.10. The van der Waals surface area contributed by atoms with Gasteiger partial charge in [-0.25, -0.2) is 8.42 Å². The molecule has 0 spiro atoms. The average molecular weight is 453 g/mol. The highest BCUT2D eigenvalue weighted by atomic mass is 79.9. The summed E-state index contributed by atoms with van der Waals surface area (Å²) in [7, 11) is -3.60. The molecule has 0 bridgehead atoms. The lowest BCUT2D eigenvalue weighted by Crippen LogP contribution is -2.41. The first kappa shape index (κ1) is 21.4. The highest BCUT2D eigenvalue weighted by Gasteiger charge is 2.22. The van der Waals surface area contributed by atoms with Gasteiger partial charge in [0.1, 0.15) is 6.54 Å². The van der Waals surface area contributed by atoms with E-state index >= 15 is 0 Å². The average Bonchev–Trinajstić information content (AvgIpc) is 2.56. The lowest BCUT2D eigenvalue weighted by Gasteiger charge is -2.24. The molecule has 1 N–H and O–H groups in total. The van der Waals surface area contributed by atoms with Gasteiger partial charge in [-0.15, -0.1) is 0 Å². The fourth-order valence-electron chi connectivity index (χ4n) is 2.72. The van der Waals surface area contributed by atoms with Crippen molar-refractivity contribution in [3.8, 4) is 0 Å². The standard InChI is InChI=1S/C20H25BrN2O3S/c1-13-6-7-17(10-14(13)2)16(4)22-20(24)12-23(27(5,25)26)18-8-9-19(21)15(3)11-18/h6-11,16H,12H2,1-5H3,(H,22,24). The van der Waals surface area contributed by atoms with Crippen LogP contribution in [0.3, 0.4) is 0 Å². The summed E-state index contributed by atoms with van der Waals surface area (Å²) in [6, 6.07) is 11.0. The fourth-order valence-corrected chi connectivity index (χ4v) is 3.81. The minimum atomic E-state index is -3.60. The van der Waals surface area contributed by atoms with Crippen molar-refractivity contribution in [2.45, 2.75) is 33.7 Å². The summed E-state index contributed by atoms with van der Waals surface area (Å²) in [5.74, 6) is -0.355. The number of amides is 1. The van der Waals surface area contributed by atoms with Gasteiger partial charge in [-0.3, -0.25) is 9.10 Å². The van der Waals surface area contributed by atoms with Crippen LogP contribution in [-0.4, -0.2) is 27.1 Å². The van der Waals surface area contributed by atoms with Crippen LogP contribution in [0.1, 0.15) is 35.2 Å². The van der Waals surface area contributed by atoms with E-state index in [-0.39, 0.29) is 18.5 Å². The molecule has 0 aliphatic heterocycles. The van der Waals surface area contributed by atoms with Crippen LogP contribution in [0.4, 0.5) is 5.69 Å². The van der Waals surface area contributed by atoms with Crippen molar-refractivity contribution in [3.05, 3.63) is 63.1 Å². The molecule has 0 radical (unpaired) electrons. The number of rotatable bonds is 6. The molecule has 0 aliphatic carbocycles. The van der Waals surface area contributed by atoms with E-state index in [9.17, 15) is 13.2 Å². The SMILES string of the molecule is Cc1ccc(C(C)NC(=O)CN(c2ccc(Br)c(C)c2)S(C)(=O)=O)cc1C. The second-order valence-electron chi connectivity index (χ2n) is 6.84. The molecule has 0 heterocycles. The third kappa shape index (κ3) is 5.56. The van der Waals surface area contributed by atoms with Crippen LogP contribution in [0.2, 0.25) is 0 Å². The summed E-state index contributed by atoms with van der Waals surface area (Å²) in [6.45, 7) is 7.54. The van der Waals surface area contributed by atoms with E-state index in [4.69, 9.17) is 0 Å². The maximum atomic E-state index is 12.5. The van der Waals surface area contributed by atoms with Crippen LogP contribution in [0, 0.1) is 20.8 Å². The molecule has 0 aromatic heterocycles. The van der Waals surface area contributed by atoms with Gasteiger partial charge in [0, 0.05) is 4.47 Å². The summed E-state index contributed by atoms with van der Waals surface area (Å²) < 4.78 is 26.5. The Hall–Kier alpha value is -1.86. The van der Waals surface area contributed by atoms with Crippen LogP contribution >= 0.6 is 15.9 Å². The molecule has 2 aromatic rings. The molecular weight excluding hydrogens is 428 g/mol. The van der Waals surface area contributed by atoms with Crippen molar-refractivity contribution >= 4 is 37.5 Å². The number of aryl methyl sites for hydroxylation is 3. The number of hydrogen-bond donors (Lipinski definition) is 1. The Bertz CT molecular complexity index is 958. The Morgan fingerprint density at radius 2 is 1.74 bits per heavy atom. The summed E-state index contributed by atoms with van der Waals surface area (Å²) in [5, 5.41) is 2.89. The van der Waals surface area contributed by atoms with Gasteiger partial charge in [-0.05, 0) is 68.1 Å². The van der Waals surface area contributed by atoms with Gasteiger partial charge in [0.25, 0.3) is 0 Å². The van der Waals surface area contributed by atoms with E-state index in [0.717, 1.165) is 31.7 Å². The predicted molar refractivity (Wildman–Crippen MR) is 114 cm³/mol. The van der Waals surface area contributed by atoms with Crippen molar-refractivity contribution < 1.29 is 13.2 Å². The molecule has 1 amide bonds. The van der Waals surface area contributed by atoms with E-state index in [0.29, 0.717) is 5.69 Å². The minimum Gasteiger partial charge on any atom is -0.348 e. The number of carbonyl (C=O) groups excluding carboxylic acids is 1. The monoisotopic (exact) mass is 452 g/mol. The van der Waals surface area contributed by atoms with Gasteiger partial charge in [0.15, 0.2) is 0 Å². The molecule has 27 heavy (non-hydrogen) atoms. The second-order valence-corrected chi connectivity index (χ2v) is 9.60. The fraction of sp³-hybridized carbons (Fsp3) is 0.350. The zero-order chi connectivity index (χ0) is 20.4. The van der Waals surface area contributed by atoms with E-state index in [1.54, 1.807) is 18.2 Å². The zero-order valence-electron chi connectivity index (χ0n) is 16.2. The predicted octanol–water partition coefficient (Wildman–Crippen LogP) is 4.02. The highest BCUT2D eigenvalue weighted by Crippen LogP contribution is 2.24. The van der Waals surface area contributed by atoms with Crippen molar-refractivity contribution in [1.82, 2.24) is 5.32 Å². The molecule has 0 saturated heterocycles. The second kappa shape index (κ2) is 8.44. The number of sulfonamides is 1. The Kier molecular flexibility index (Phi) is 6.70. The molecule has 146 valence electrons. The molecule has 0 aliphatic rings. The van der Waals surface area contributed by atoms with Gasteiger partial charge in [0.2, 0.25) is 15.9 Å². The largest absolute Gasteiger partial charge is 0.348 e. The molecule has 1 unspecified atom stereocenters. The third-order valence-corrected chi connectivity index (χ3v) is 6.56. The number of halogens is 1. The zero-order valence-corrected chi connectivity index (χ0v) is 18.6. The first-order valence-electron chi connectivity index (χ1n) is 8.59. The first-order valence-corrected chi connectivity index (χ1v) is 11.2. The summed E-state index contributed by atoms with van der Waals surface area (Å²) in [4.78, 5) is 12.5. The maximum absolute atomic E-state index is 12.5. The summed E-state index contributed by atoms with van der Waals surface area (Å²) >= 11 is 3.40. The topological polar surface area (TPSA) is 66.5 Å². The van der Waals surface area contributed by atoms with Crippen molar-refractivity contribution in [1.29, 1.82) is 0 Å².